The first-order valence-electron chi connectivity index (χ1n) is 8.84. The molecule has 0 aliphatic carbocycles. The van der Waals surface area contributed by atoms with Gasteiger partial charge in [-0.1, -0.05) is 19.9 Å². The van der Waals surface area contributed by atoms with Crippen LogP contribution >= 0.6 is 0 Å². The van der Waals surface area contributed by atoms with E-state index in [1.54, 1.807) is 12.1 Å². The molecule has 6 nitrogen and oxygen atoms in total. The Bertz CT molecular complexity index is 691. The van der Waals surface area contributed by atoms with Gasteiger partial charge in [-0.25, -0.2) is 8.42 Å². The molecule has 140 valence electrons. The molecule has 0 spiro atoms. The van der Waals surface area contributed by atoms with E-state index in [0.717, 1.165) is 12.8 Å². The minimum atomic E-state index is -3.65. The maximum Gasteiger partial charge on any atom is 0.251 e. The summed E-state index contributed by atoms with van der Waals surface area (Å²) in [6.45, 7) is 8.37. The van der Waals surface area contributed by atoms with Crippen molar-refractivity contribution in [2.45, 2.75) is 63.7 Å². The SMILES string of the molecule is CCC(CC)NC(=O)c1cccc(S(=O)(=O)N2C[C@H](C)O[C@@H](C)C2)c1. The third-order valence-corrected chi connectivity index (χ3v) is 6.27. The largest absolute Gasteiger partial charge is 0.373 e. The van der Waals surface area contributed by atoms with Crippen molar-refractivity contribution in [3.63, 3.8) is 0 Å². The number of sulfonamides is 1. The van der Waals surface area contributed by atoms with E-state index < -0.39 is 10.0 Å². The molecule has 1 N–H and O–H groups in total. The van der Waals surface area contributed by atoms with Gasteiger partial charge in [0.15, 0.2) is 0 Å². The lowest BCUT2D eigenvalue weighted by atomic mass is 10.1. The van der Waals surface area contributed by atoms with Crippen molar-refractivity contribution in [3.05, 3.63) is 29.8 Å². The number of carbonyl (C=O) groups is 1. The predicted octanol–water partition coefficient (Wildman–Crippen LogP) is 2.40. The maximum atomic E-state index is 12.9. The first-order valence-corrected chi connectivity index (χ1v) is 10.3. The zero-order valence-electron chi connectivity index (χ0n) is 15.4. The molecule has 0 aromatic heterocycles. The predicted molar refractivity (Wildman–Crippen MR) is 97.0 cm³/mol. The molecule has 0 unspecified atom stereocenters. The number of hydrogen-bond donors (Lipinski definition) is 1. The molecule has 0 bridgehead atoms. The summed E-state index contributed by atoms with van der Waals surface area (Å²) in [6, 6.07) is 6.34. The van der Waals surface area contributed by atoms with Gasteiger partial charge in [-0.2, -0.15) is 4.31 Å². The third-order valence-electron chi connectivity index (χ3n) is 4.44. The first-order chi connectivity index (χ1) is 11.8. The summed E-state index contributed by atoms with van der Waals surface area (Å²) in [6.07, 6.45) is 1.37. The summed E-state index contributed by atoms with van der Waals surface area (Å²) < 4.78 is 32.9. The molecule has 2 rings (SSSR count). The van der Waals surface area contributed by atoms with Crippen LogP contribution in [0.1, 0.15) is 50.9 Å². The van der Waals surface area contributed by atoms with Gasteiger partial charge in [-0.15, -0.1) is 0 Å². The van der Waals surface area contributed by atoms with E-state index in [0.29, 0.717) is 18.7 Å². The Balaban J connectivity index is 2.23. The Morgan fingerprint density at radius 3 is 2.40 bits per heavy atom. The lowest BCUT2D eigenvalue weighted by Crippen LogP contribution is -2.48. The fraction of sp³-hybridized carbons (Fsp3) is 0.611. The molecule has 1 amide bonds. The summed E-state index contributed by atoms with van der Waals surface area (Å²) in [4.78, 5) is 12.5. The van der Waals surface area contributed by atoms with Gasteiger partial charge < -0.3 is 10.1 Å². The topological polar surface area (TPSA) is 75.7 Å². The fourth-order valence-electron chi connectivity index (χ4n) is 3.04. The lowest BCUT2D eigenvalue weighted by molar-refractivity contribution is -0.0440. The van der Waals surface area contributed by atoms with Gasteiger partial charge in [0.2, 0.25) is 10.0 Å². The highest BCUT2D eigenvalue weighted by molar-refractivity contribution is 7.89. The lowest BCUT2D eigenvalue weighted by Gasteiger charge is -2.34. The highest BCUT2D eigenvalue weighted by atomic mass is 32.2. The Hall–Kier alpha value is -1.44. The van der Waals surface area contributed by atoms with Crippen molar-refractivity contribution in [2.75, 3.05) is 13.1 Å². The molecule has 7 heteroatoms. The van der Waals surface area contributed by atoms with Crippen LogP contribution in [0.15, 0.2) is 29.2 Å². The molecule has 0 saturated carbocycles. The monoisotopic (exact) mass is 368 g/mol. The van der Waals surface area contributed by atoms with Gasteiger partial charge in [-0.05, 0) is 44.9 Å². The smallest absolute Gasteiger partial charge is 0.251 e. The standard InChI is InChI=1S/C18H28N2O4S/c1-5-16(6-2)19-18(21)15-8-7-9-17(10-15)25(22,23)20-11-13(3)24-14(4)12-20/h7-10,13-14,16H,5-6,11-12H2,1-4H3,(H,19,21)/t13-,14-/m0/s1. The second-order valence-corrected chi connectivity index (χ2v) is 8.53. The van der Waals surface area contributed by atoms with Crippen LogP contribution in [0.3, 0.4) is 0 Å². The van der Waals surface area contributed by atoms with E-state index in [1.165, 1.54) is 16.4 Å². The number of amides is 1. The number of morpholine rings is 1. The van der Waals surface area contributed by atoms with E-state index in [-0.39, 0.29) is 29.1 Å². The molecule has 25 heavy (non-hydrogen) atoms. The van der Waals surface area contributed by atoms with Crippen molar-refractivity contribution in [1.29, 1.82) is 0 Å². The Morgan fingerprint density at radius 2 is 1.84 bits per heavy atom. The second kappa shape index (κ2) is 8.29. The zero-order valence-corrected chi connectivity index (χ0v) is 16.2. The molecule has 1 aromatic rings. The van der Waals surface area contributed by atoms with Crippen molar-refractivity contribution < 1.29 is 17.9 Å². The third kappa shape index (κ3) is 4.80. The highest BCUT2D eigenvalue weighted by Crippen LogP contribution is 2.22. The minimum absolute atomic E-state index is 0.0914. The van der Waals surface area contributed by atoms with Gasteiger partial charge in [0.05, 0.1) is 17.1 Å². The quantitative estimate of drug-likeness (QED) is 0.837. The molecular formula is C18H28N2O4S. The molecule has 1 saturated heterocycles. The summed E-state index contributed by atoms with van der Waals surface area (Å²) in [7, 11) is -3.65. The van der Waals surface area contributed by atoms with Crippen LogP contribution in [-0.2, 0) is 14.8 Å². The van der Waals surface area contributed by atoms with Crippen molar-refractivity contribution in [1.82, 2.24) is 9.62 Å². The average Bonchev–Trinajstić information content (AvgIpc) is 2.58. The number of rotatable bonds is 6. The molecular weight excluding hydrogens is 340 g/mol. The molecule has 1 aliphatic rings. The number of carbonyl (C=O) groups excluding carboxylic acids is 1. The first kappa shape index (κ1) is 19.9. The number of hydrogen-bond acceptors (Lipinski definition) is 4. The number of nitrogens with zero attached hydrogens (tertiary/aromatic N) is 1. The number of nitrogens with one attached hydrogen (secondary N) is 1. The normalized spacial score (nSPS) is 22.1. The van der Waals surface area contributed by atoms with Gasteiger partial charge in [0.1, 0.15) is 0 Å². The molecule has 2 atom stereocenters. The molecule has 0 radical (unpaired) electrons. The van der Waals surface area contributed by atoms with E-state index in [2.05, 4.69) is 5.32 Å². The van der Waals surface area contributed by atoms with Crippen molar-refractivity contribution in [3.8, 4) is 0 Å². The van der Waals surface area contributed by atoms with Crippen molar-refractivity contribution in [2.24, 2.45) is 0 Å². The van der Waals surface area contributed by atoms with E-state index >= 15 is 0 Å². The zero-order chi connectivity index (χ0) is 18.6. The summed E-state index contributed by atoms with van der Waals surface area (Å²) in [5.74, 6) is -0.241. The van der Waals surface area contributed by atoms with E-state index in [1.807, 2.05) is 27.7 Å². The maximum absolute atomic E-state index is 12.9. The Kier molecular flexibility index (Phi) is 6.59. The van der Waals surface area contributed by atoms with Gasteiger partial charge >= 0.3 is 0 Å². The van der Waals surface area contributed by atoms with Crippen LogP contribution in [0, 0.1) is 0 Å². The Morgan fingerprint density at radius 1 is 1.24 bits per heavy atom. The van der Waals surface area contributed by atoms with E-state index in [4.69, 9.17) is 4.74 Å². The highest BCUT2D eigenvalue weighted by Gasteiger charge is 2.32. The fourth-order valence-corrected chi connectivity index (χ4v) is 4.67. The summed E-state index contributed by atoms with van der Waals surface area (Å²) in [5.41, 5.74) is 0.363. The van der Waals surface area contributed by atoms with Crippen LogP contribution in [0.2, 0.25) is 0 Å². The van der Waals surface area contributed by atoms with Crippen LogP contribution in [0.5, 0.6) is 0 Å². The number of ether oxygens (including phenoxy) is 1. The molecule has 1 fully saturated rings. The van der Waals surface area contributed by atoms with E-state index in [9.17, 15) is 13.2 Å². The van der Waals surface area contributed by atoms with Gasteiger partial charge in [0, 0.05) is 24.7 Å². The van der Waals surface area contributed by atoms with Gasteiger partial charge in [0.25, 0.3) is 5.91 Å². The summed E-state index contributed by atoms with van der Waals surface area (Å²) in [5, 5.41) is 2.94. The van der Waals surface area contributed by atoms with Crippen LogP contribution in [0.4, 0.5) is 0 Å². The Labute approximate surface area is 150 Å². The summed E-state index contributed by atoms with van der Waals surface area (Å²) >= 11 is 0. The minimum Gasteiger partial charge on any atom is -0.373 e. The van der Waals surface area contributed by atoms with Crippen molar-refractivity contribution >= 4 is 15.9 Å². The second-order valence-electron chi connectivity index (χ2n) is 6.59. The molecule has 1 aromatic carbocycles. The number of benzene rings is 1. The molecule has 1 heterocycles. The van der Waals surface area contributed by atoms with Crippen LogP contribution in [-0.4, -0.2) is 50.0 Å². The van der Waals surface area contributed by atoms with Crippen LogP contribution < -0.4 is 5.32 Å². The molecule has 1 aliphatic heterocycles. The van der Waals surface area contributed by atoms with Crippen LogP contribution in [0.25, 0.3) is 0 Å². The average molecular weight is 368 g/mol. The van der Waals surface area contributed by atoms with Gasteiger partial charge in [-0.3, -0.25) is 4.79 Å².